The first-order valence-electron chi connectivity index (χ1n) is 7.71. The minimum atomic E-state index is -0.270. The molecule has 0 radical (unpaired) electrons. The number of aromatic nitrogens is 3. The van der Waals surface area contributed by atoms with E-state index in [1.54, 1.807) is 29.4 Å². The Morgan fingerprint density at radius 2 is 1.79 bits per heavy atom. The minimum absolute atomic E-state index is 0.170. The van der Waals surface area contributed by atoms with Gasteiger partial charge in [-0.15, -0.1) is 10.2 Å². The molecule has 1 aliphatic carbocycles. The van der Waals surface area contributed by atoms with E-state index in [1.807, 2.05) is 36.4 Å². The van der Waals surface area contributed by atoms with Crippen LogP contribution >= 0.6 is 11.6 Å². The molecular formula is C18H15ClN4O. The van der Waals surface area contributed by atoms with Crippen LogP contribution < -0.4 is 5.32 Å². The van der Waals surface area contributed by atoms with Gasteiger partial charge >= 0.3 is 0 Å². The molecule has 1 amide bonds. The van der Waals surface area contributed by atoms with Gasteiger partial charge in [0.15, 0.2) is 0 Å². The maximum atomic E-state index is 12.8. The van der Waals surface area contributed by atoms with E-state index in [0.717, 1.165) is 24.1 Å². The van der Waals surface area contributed by atoms with Gasteiger partial charge in [-0.25, -0.2) is 0 Å². The lowest BCUT2D eigenvalue weighted by atomic mass is 10.0. The number of rotatable bonds is 4. The normalized spacial score (nSPS) is 15.0. The Balaban J connectivity index is 1.62. The second-order valence-electron chi connectivity index (χ2n) is 5.94. The van der Waals surface area contributed by atoms with Crippen LogP contribution in [-0.2, 0) is 5.54 Å². The molecule has 1 aromatic heterocycles. The van der Waals surface area contributed by atoms with E-state index in [2.05, 4.69) is 15.5 Å². The molecule has 1 N–H and O–H groups in total. The van der Waals surface area contributed by atoms with Crippen LogP contribution in [-0.4, -0.2) is 20.7 Å². The Bertz CT molecular complexity index is 873. The Morgan fingerprint density at radius 3 is 2.46 bits per heavy atom. The summed E-state index contributed by atoms with van der Waals surface area (Å²) in [4.78, 5) is 12.8. The molecule has 3 aromatic rings. The average Bonchev–Trinajstić information content (AvgIpc) is 3.18. The third kappa shape index (κ3) is 2.67. The van der Waals surface area contributed by atoms with E-state index < -0.39 is 0 Å². The van der Waals surface area contributed by atoms with Crippen molar-refractivity contribution in [2.75, 3.05) is 0 Å². The Labute approximate surface area is 144 Å². The van der Waals surface area contributed by atoms with Gasteiger partial charge in [0, 0.05) is 5.69 Å². The van der Waals surface area contributed by atoms with E-state index in [9.17, 15) is 4.79 Å². The number of hydrogen-bond acceptors (Lipinski definition) is 3. The van der Waals surface area contributed by atoms with Gasteiger partial charge < -0.3 is 5.32 Å². The van der Waals surface area contributed by atoms with Crippen LogP contribution in [0.15, 0.2) is 61.2 Å². The predicted molar refractivity (Wildman–Crippen MR) is 91.2 cm³/mol. The zero-order valence-electron chi connectivity index (χ0n) is 12.8. The molecular weight excluding hydrogens is 324 g/mol. The summed E-state index contributed by atoms with van der Waals surface area (Å²) in [5, 5.41) is 11.1. The summed E-state index contributed by atoms with van der Waals surface area (Å²) in [5.41, 5.74) is 2.10. The molecule has 1 aliphatic rings. The highest BCUT2D eigenvalue weighted by Crippen LogP contribution is 2.45. The quantitative estimate of drug-likeness (QED) is 0.793. The topological polar surface area (TPSA) is 59.8 Å². The number of nitrogens with zero attached hydrogens (tertiary/aromatic N) is 3. The van der Waals surface area contributed by atoms with Gasteiger partial charge in [0.25, 0.3) is 5.91 Å². The van der Waals surface area contributed by atoms with E-state index in [1.165, 1.54) is 0 Å². The van der Waals surface area contributed by atoms with Crippen molar-refractivity contribution < 1.29 is 4.79 Å². The van der Waals surface area contributed by atoms with Crippen LogP contribution in [0.4, 0.5) is 0 Å². The van der Waals surface area contributed by atoms with Gasteiger partial charge in [-0.1, -0.05) is 41.9 Å². The fraction of sp³-hybridized carbons (Fsp3) is 0.167. The van der Waals surface area contributed by atoms with Gasteiger partial charge in [0.05, 0.1) is 16.1 Å². The minimum Gasteiger partial charge on any atom is -0.342 e. The number of hydrogen-bond donors (Lipinski definition) is 1. The molecule has 0 atom stereocenters. The molecule has 4 rings (SSSR count). The molecule has 0 spiro atoms. The SMILES string of the molecule is O=C(NC1(c2ccccc2)CC1)c1cc(-n2cnnc2)ccc1Cl. The summed E-state index contributed by atoms with van der Waals surface area (Å²) in [6.07, 6.45) is 5.03. The molecule has 120 valence electrons. The average molecular weight is 339 g/mol. The predicted octanol–water partition coefficient (Wildman–Crippen LogP) is 3.34. The van der Waals surface area contributed by atoms with Crippen molar-refractivity contribution in [3.8, 4) is 5.69 Å². The number of carbonyl (C=O) groups excluding carboxylic acids is 1. The smallest absolute Gasteiger partial charge is 0.253 e. The lowest BCUT2D eigenvalue weighted by Crippen LogP contribution is -2.35. The van der Waals surface area contributed by atoms with Crippen LogP contribution in [0, 0.1) is 0 Å². The van der Waals surface area contributed by atoms with Crippen molar-refractivity contribution in [2.24, 2.45) is 0 Å². The van der Waals surface area contributed by atoms with Crippen molar-refractivity contribution in [3.63, 3.8) is 0 Å². The zero-order chi connectivity index (χ0) is 16.6. The Morgan fingerprint density at radius 1 is 1.08 bits per heavy atom. The van der Waals surface area contributed by atoms with Crippen LogP contribution in [0.3, 0.4) is 0 Å². The third-order valence-corrected chi connectivity index (χ3v) is 4.67. The molecule has 0 bridgehead atoms. The highest BCUT2D eigenvalue weighted by molar-refractivity contribution is 6.34. The van der Waals surface area contributed by atoms with Gasteiger partial charge in [0.2, 0.25) is 0 Å². The fourth-order valence-electron chi connectivity index (χ4n) is 2.83. The lowest BCUT2D eigenvalue weighted by molar-refractivity contribution is 0.0931. The largest absolute Gasteiger partial charge is 0.342 e. The lowest BCUT2D eigenvalue weighted by Gasteiger charge is -2.18. The van der Waals surface area contributed by atoms with Crippen LogP contribution in [0.1, 0.15) is 28.8 Å². The summed E-state index contributed by atoms with van der Waals surface area (Å²) in [7, 11) is 0. The van der Waals surface area contributed by atoms with Crippen molar-refractivity contribution in [3.05, 3.63) is 77.3 Å². The monoisotopic (exact) mass is 338 g/mol. The van der Waals surface area contributed by atoms with E-state index in [4.69, 9.17) is 11.6 Å². The van der Waals surface area contributed by atoms with Gasteiger partial charge in [-0.3, -0.25) is 9.36 Å². The van der Waals surface area contributed by atoms with Crippen LogP contribution in [0.2, 0.25) is 5.02 Å². The summed E-state index contributed by atoms with van der Waals surface area (Å²) < 4.78 is 1.73. The second kappa shape index (κ2) is 5.76. The maximum Gasteiger partial charge on any atom is 0.253 e. The number of nitrogens with one attached hydrogen (secondary N) is 1. The number of benzene rings is 2. The molecule has 6 heteroatoms. The molecule has 1 fully saturated rings. The second-order valence-corrected chi connectivity index (χ2v) is 6.34. The molecule has 1 saturated carbocycles. The molecule has 0 aliphatic heterocycles. The van der Waals surface area contributed by atoms with Crippen molar-refractivity contribution in [1.82, 2.24) is 20.1 Å². The number of carbonyl (C=O) groups is 1. The summed E-state index contributed by atoms with van der Waals surface area (Å²) in [6, 6.07) is 15.3. The highest BCUT2D eigenvalue weighted by Gasteiger charge is 2.45. The van der Waals surface area contributed by atoms with Crippen LogP contribution in [0.25, 0.3) is 5.69 Å². The Kier molecular flexibility index (Phi) is 3.58. The molecule has 1 heterocycles. The molecule has 0 saturated heterocycles. The van der Waals surface area contributed by atoms with Gasteiger partial charge in [-0.05, 0) is 36.6 Å². The molecule has 5 nitrogen and oxygen atoms in total. The molecule has 24 heavy (non-hydrogen) atoms. The molecule has 2 aromatic carbocycles. The van der Waals surface area contributed by atoms with Gasteiger partial charge in [0.1, 0.15) is 12.7 Å². The first-order chi connectivity index (χ1) is 11.7. The highest BCUT2D eigenvalue weighted by atomic mass is 35.5. The fourth-order valence-corrected chi connectivity index (χ4v) is 3.04. The van der Waals surface area contributed by atoms with Crippen molar-refractivity contribution in [1.29, 1.82) is 0 Å². The van der Waals surface area contributed by atoms with Gasteiger partial charge in [-0.2, -0.15) is 0 Å². The maximum absolute atomic E-state index is 12.8. The molecule has 0 unspecified atom stereocenters. The van der Waals surface area contributed by atoms with Crippen molar-refractivity contribution in [2.45, 2.75) is 18.4 Å². The summed E-state index contributed by atoms with van der Waals surface area (Å²) in [5.74, 6) is -0.170. The first-order valence-corrected chi connectivity index (χ1v) is 8.08. The summed E-state index contributed by atoms with van der Waals surface area (Å²) in [6.45, 7) is 0. The zero-order valence-corrected chi connectivity index (χ0v) is 13.6. The number of amides is 1. The number of halogens is 1. The van der Waals surface area contributed by atoms with Crippen molar-refractivity contribution >= 4 is 17.5 Å². The Hall–Kier alpha value is -2.66. The van der Waals surface area contributed by atoms with E-state index in [-0.39, 0.29) is 11.4 Å². The summed E-state index contributed by atoms with van der Waals surface area (Å²) >= 11 is 6.25. The van der Waals surface area contributed by atoms with E-state index >= 15 is 0 Å². The third-order valence-electron chi connectivity index (χ3n) is 4.34. The standard InChI is InChI=1S/C18H15ClN4O/c19-16-7-6-14(23-11-20-21-12-23)10-15(16)17(24)22-18(8-9-18)13-4-2-1-3-5-13/h1-7,10-12H,8-9H2,(H,22,24). The first kappa shape index (κ1) is 14.9. The van der Waals surface area contributed by atoms with Crippen LogP contribution in [0.5, 0.6) is 0 Å². The van der Waals surface area contributed by atoms with E-state index in [0.29, 0.717) is 10.6 Å².